The fourth-order valence-electron chi connectivity index (χ4n) is 2.95. The van der Waals surface area contributed by atoms with Gasteiger partial charge in [-0.05, 0) is 50.3 Å². The molecule has 1 saturated heterocycles. The van der Waals surface area contributed by atoms with Gasteiger partial charge in [0.05, 0.1) is 17.3 Å². The van der Waals surface area contributed by atoms with Gasteiger partial charge in [0.15, 0.2) is 0 Å². The molecule has 1 aliphatic heterocycles. The molecule has 0 bridgehead atoms. The summed E-state index contributed by atoms with van der Waals surface area (Å²) in [4.78, 5) is 4.72. The van der Waals surface area contributed by atoms with Crippen LogP contribution in [0, 0.1) is 6.92 Å². The van der Waals surface area contributed by atoms with Crippen LogP contribution in [0.3, 0.4) is 0 Å². The zero-order valence-corrected chi connectivity index (χ0v) is 12.0. The third-order valence-electron chi connectivity index (χ3n) is 4.15. The summed E-state index contributed by atoms with van der Waals surface area (Å²) >= 11 is 0. The number of pyridine rings is 1. The van der Waals surface area contributed by atoms with Gasteiger partial charge in [-0.3, -0.25) is 4.98 Å². The van der Waals surface area contributed by atoms with Crippen molar-refractivity contribution in [1.29, 1.82) is 0 Å². The summed E-state index contributed by atoms with van der Waals surface area (Å²) in [7, 11) is 0. The Kier molecular flexibility index (Phi) is 3.99. The second-order valence-electron chi connectivity index (χ2n) is 5.70. The molecule has 2 N–H and O–H groups in total. The molecule has 1 aliphatic rings. The van der Waals surface area contributed by atoms with Crippen molar-refractivity contribution in [3.8, 4) is 0 Å². The monoisotopic (exact) mass is 270 g/mol. The molecule has 0 aliphatic carbocycles. The van der Waals surface area contributed by atoms with Crippen molar-refractivity contribution in [1.82, 2.24) is 4.98 Å². The number of aromatic nitrogens is 1. The van der Waals surface area contributed by atoms with Crippen molar-refractivity contribution >= 4 is 10.9 Å². The maximum atomic E-state index is 6.31. The highest BCUT2D eigenvalue weighted by Crippen LogP contribution is 2.24. The number of nitrogens with two attached hydrogens (primary N) is 1. The lowest BCUT2D eigenvalue weighted by Crippen LogP contribution is -2.16. The van der Waals surface area contributed by atoms with Crippen LogP contribution < -0.4 is 5.73 Å². The zero-order valence-electron chi connectivity index (χ0n) is 12.0. The summed E-state index contributed by atoms with van der Waals surface area (Å²) in [6.45, 7) is 3.04. The van der Waals surface area contributed by atoms with Crippen LogP contribution >= 0.6 is 0 Å². The molecule has 1 aromatic heterocycles. The van der Waals surface area contributed by atoms with Gasteiger partial charge in [0.25, 0.3) is 0 Å². The molecule has 0 amide bonds. The number of para-hydroxylation sites is 1. The van der Waals surface area contributed by atoms with E-state index in [4.69, 9.17) is 15.5 Å². The predicted molar refractivity (Wildman–Crippen MR) is 81.6 cm³/mol. The van der Waals surface area contributed by atoms with Crippen molar-refractivity contribution in [3.05, 3.63) is 41.6 Å². The Morgan fingerprint density at radius 1 is 1.40 bits per heavy atom. The van der Waals surface area contributed by atoms with E-state index in [0.717, 1.165) is 30.7 Å². The molecule has 3 heteroatoms. The second kappa shape index (κ2) is 5.90. The van der Waals surface area contributed by atoms with Gasteiger partial charge in [0.2, 0.25) is 0 Å². The summed E-state index contributed by atoms with van der Waals surface area (Å²) in [6, 6.07) is 10.4. The summed E-state index contributed by atoms with van der Waals surface area (Å²) in [5, 5.41) is 1.21. The van der Waals surface area contributed by atoms with E-state index < -0.39 is 0 Å². The number of rotatable bonds is 4. The largest absolute Gasteiger partial charge is 0.378 e. The number of aryl methyl sites for hydroxylation is 1. The van der Waals surface area contributed by atoms with Crippen LogP contribution in [0.1, 0.15) is 43.0 Å². The van der Waals surface area contributed by atoms with E-state index in [1.807, 2.05) is 12.1 Å². The zero-order chi connectivity index (χ0) is 13.9. The van der Waals surface area contributed by atoms with E-state index in [9.17, 15) is 0 Å². The maximum Gasteiger partial charge on any atom is 0.0708 e. The van der Waals surface area contributed by atoms with Crippen molar-refractivity contribution in [2.75, 3.05) is 6.61 Å². The average molecular weight is 270 g/mol. The van der Waals surface area contributed by atoms with E-state index in [-0.39, 0.29) is 6.04 Å². The van der Waals surface area contributed by atoms with Crippen LogP contribution in [0.25, 0.3) is 10.9 Å². The summed E-state index contributed by atoms with van der Waals surface area (Å²) in [5.74, 6) is 0. The lowest BCUT2D eigenvalue weighted by molar-refractivity contribution is 0.101. The SMILES string of the molecule is Cc1cc(C(N)CCC2CCCO2)nc2ccccc12. The van der Waals surface area contributed by atoms with Crippen molar-refractivity contribution in [2.45, 2.75) is 44.8 Å². The molecule has 2 heterocycles. The highest BCUT2D eigenvalue weighted by Gasteiger charge is 2.18. The molecule has 2 aromatic rings. The van der Waals surface area contributed by atoms with Crippen LogP contribution in [0.15, 0.2) is 30.3 Å². The molecule has 2 unspecified atom stereocenters. The minimum absolute atomic E-state index is 0.00232. The van der Waals surface area contributed by atoms with E-state index in [2.05, 4.69) is 25.1 Å². The van der Waals surface area contributed by atoms with Gasteiger partial charge < -0.3 is 10.5 Å². The number of ether oxygens (including phenoxy) is 1. The predicted octanol–water partition coefficient (Wildman–Crippen LogP) is 3.50. The molecule has 3 nitrogen and oxygen atoms in total. The molecular weight excluding hydrogens is 248 g/mol. The third-order valence-corrected chi connectivity index (χ3v) is 4.15. The van der Waals surface area contributed by atoms with Gasteiger partial charge in [-0.15, -0.1) is 0 Å². The lowest BCUT2D eigenvalue weighted by atomic mass is 10.0. The second-order valence-corrected chi connectivity index (χ2v) is 5.70. The van der Waals surface area contributed by atoms with Crippen LogP contribution in [-0.4, -0.2) is 17.7 Å². The standard InChI is InChI=1S/C17H22N2O/c1-12-11-17(19-16-7-3-2-6-14(12)16)15(18)9-8-13-5-4-10-20-13/h2-3,6-7,11,13,15H,4-5,8-10,18H2,1H3. The molecule has 3 rings (SSSR count). The van der Waals surface area contributed by atoms with Gasteiger partial charge in [0.1, 0.15) is 0 Å². The van der Waals surface area contributed by atoms with Gasteiger partial charge >= 0.3 is 0 Å². The molecule has 1 aromatic carbocycles. The Morgan fingerprint density at radius 2 is 2.25 bits per heavy atom. The van der Waals surface area contributed by atoms with Gasteiger partial charge in [-0.25, -0.2) is 0 Å². The molecule has 0 spiro atoms. The fourth-order valence-corrected chi connectivity index (χ4v) is 2.95. The van der Waals surface area contributed by atoms with E-state index in [1.54, 1.807) is 0 Å². The van der Waals surface area contributed by atoms with Crippen molar-refractivity contribution in [2.24, 2.45) is 5.73 Å². The maximum absolute atomic E-state index is 6.31. The normalized spacial score (nSPS) is 20.4. The topological polar surface area (TPSA) is 48.1 Å². The third kappa shape index (κ3) is 2.84. The molecule has 1 fully saturated rings. The Hall–Kier alpha value is -1.45. The Bertz CT molecular complexity index is 591. The molecule has 20 heavy (non-hydrogen) atoms. The minimum Gasteiger partial charge on any atom is -0.378 e. The molecule has 106 valence electrons. The van der Waals surface area contributed by atoms with E-state index >= 15 is 0 Å². The highest BCUT2D eigenvalue weighted by atomic mass is 16.5. The van der Waals surface area contributed by atoms with E-state index in [1.165, 1.54) is 23.8 Å². The molecular formula is C17H22N2O. The first-order valence-electron chi connectivity index (χ1n) is 7.47. The minimum atomic E-state index is 0.00232. The number of hydrogen-bond donors (Lipinski definition) is 1. The first-order chi connectivity index (χ1) is 9.74. The van der Waals surface area contributed by atoms with Crippen LogP contribution in [0.2, 0.25) is 0 Å². The lowest BCUT2D eigenvalue weighted by Gasteiger charge is -2.15. The first kappa shape index (κ1) is 13.5. The number of fused-ring (bicyclic) bond motifs is 1. The number of hydrogen-bond acceptors (Lipinski definition) is 3. The van der Waals surface area contributed by atoms with E-state index in [0.29, 0.717) is 6.10 Å². The molecule has 0 radical (unpaired) electrons. The summed E-state index contributed by atoms with van der Waals surface area (Å²) in [5.41, 5.74) is 9.60. The van der Waals surface area contributed by atoms with Crippen LogP contribution in [0.5, 0.6) is 0 Å². The Morgan fingerprint density at radius 3 is 3.05 bits per heavy atom. The van der Waals surface area contributed by atoms with Crippen molar-refractivity contribution in [3.63, 3.8) is 0 Å². The number of benzene rings is 1. The highest BCUT2D eigenvalue weighted by molar-refractivity contribution is 5.82. The van der Waals surface area contributed by atoms with Gasteiger partial charge in [-0.1, -0.05) is 18.2 Å². The first-order valence-corrected chi connectivity index (χ1v) is 7.47. The Labute approximate surface area is 120 Å². The molecule has 0 saturated carbocycles. The Balaban J connectivity index is 1.75. The fraction of sp³-hybridized carbons (Fsp3) is 0.471. The van der Waals surface area contributed by atoms with Gasteiger partial charge in [0, 0.05) is 18.0 Å². The average Bonchev–Trinajstić information content (AvgIpc) is 2.98. The summed E-state index contributed by atoms with van der Waals surface area (Å²) in [6.07, 6.45) is 4.75. The summed E-state index contributed by atoms with van der Waals surface area (Å²) < 4.78 is 5.66. The van der Waals surface area contributed by atoms with Crippen LogP contribution in [0.4, 0.5) is 0 Å². The molecule has 2 atom stereocenters. The van der Waals surface area contributed by atoms with Crippen LogP contribution in [-0.2, 0) is 4.74 Å². The van der Waals surface area contributed by atoms with Gasteiger partial charge in [-0.2, -0.15) is 0 Å². The smallest absolute Gasteiger partial charge is 0.0708 e. The quantitative estimate of drug-likeness (QED) is 0.925. The number of nitrogens with zero attached hydrogens (tertiary/aromatic N) is 1. The van der Waals surface area contributed by atoms with Crippen molar-refractivity contribution < 1.29 is 4.74 Å².